The highest BCUT2D eigenvalue weighted by molar-refractivity contribution is 5.87. The third-order valence-electron chi connectivity index (χ3n) is 2.30. The summed E-state index contributed by atoms with van der Waals surface area (Å²) in [5.41, 5.74) is 1.08. The first-order valence-corrected chi connectivity index (χ1v) is 5.38. The lowest BCUT2D eigenvalue weighted by atomic mass is 10.2. The summed E-state index contributed by atoms with van der Waals surface area (Å²) in [5.74, 6) is -0.933. The van der Waals surface area contributed by atoms with Crippen molar-refractivity contribution in [1.29, 1.82) is 0 Å². The largest absolute Gasteiger partial charge is 0.478 e. The van der Waals surface area contributed by atoms with E-state index in [0.29, 0.717) is 6.54 Å². The molecule has 0 aliphatic carbocycles. The van der Waals surface area contributed by atoms with Crippen molar-refractivity contribution >= 4 is 11.7 Å². The molecule has 0 heterocycles. The fourth-order valence-corrected chi connectivity index (χ4v) is 1.40. The van der Waals surface area contributed by atoms with Crippen LogP contribution < -0.4 is 5.32 Å². The van der Waals surface area contributed by atoms with Crippen LogP contribution in [-0.4, -0.2) is 28.8 Å². The number of carboxylic acids is 1. The van der Waals surface area contributed by atoms with E-state index in [1.54, 1.807) is 12.1 Å². The Bertz CT molecular complexity index is 335. The van der Waals surface area contributed by atoms with Gasteiger partial charge < -0.3 is 15.5 Å². The second-order valence-electron chi connectivity index (χ2n) is 3.71. The van der Waals surface area contributed by atoms with E-state index in [9.17, 15) is 9.90 Å². The lowest BCUT2D eigenvalue weighted by molar-refractivity contribution is 0.0697. The molecular formula is C12H17NO3. The normalized spacial score (nSPS) is 12.1. The van der Waals surface area contributed by atoms with E-state index in [-0.39, 0.29) is 11.7 Å². The van der Waals surface area contributed by atoms with Crippen LogP contribution in [0.15, 0.2) is 24.3 Å². The van der Waals surface area contributed by atoms with Crippen LogP contribution >= 0.6 is 0 Å². The maximum Gasteiger partial charge on any atom is 0.335 e. The van der Waals surface area contributed by atoms with Crippen molar-refractivity contribution in [3.63, 3.8) is 0 Å². The number of aliphatic hydroxyl groups is 1. The minimum Gasteiger partial charge on any atom is -0.478 e. The molecule has 0 fully saturated rings. The molecule has 0 amide bonds. The molecule has 0 spiro atoms. The third-order valence-corrected chi connectivity index (χ3v) is 2.30. The molecule has 16 heavy (non-hydrogen) atoms. The third kappa shape index (κ3) is 3.90. The first kappa shape index (κ1) is 12.5. The van der Waals surface area contributed by atoms with E-state index in [0.717, 1.165) is 18.5 Å². The number of benzene rings is 1. The zero-order chi connectivity index (χ0) is 12.0. The van der Waals surface area contributed by atoms with Crippen molar-refractivity contribution in [1.82, 2.24) is 0 Å². The summed E-state index contributed by atoms with van der Waals surface area (Å²) in [5, 5.41) is 21.3. The van der Waals surface area contributed by atoms with Crippen molar-refractivity contribution in [3.8, 4) is 0 Å². The van der Waals surface area contributed by atoms with Crippen molar-refractivity contribution in [2.45, 2.75) is 25.9 Å². The molecule has 0 aromatic heterocycles. The number of hydrogen-bond donors (Lipinski definition) is 3. The minimum atomic E-state index is -0.933. The van der Waals surface area contributed by atoms with Crippen LogP contribution in [0.2, 0.25) is 0 Å². The molecule has 4 nitrogen and oxygen atoms in total. The highest BCUT2D eigenvalue weighted by Crippen LogP contribution is 2.10. The van der Waals surface area contributed by atoms with Gasteiger partial charge in [-0.05, 0) is 30.7 Å². The molecular weight excluding hydrogens is 206 g/mol. The van der Waals surface area contributed by atoms with Gasteiger partial charge in [-0.25, -0.2) is 4.79 Å². The second kappa shape index (κ2) is 6.12. The van der Waals surface area contributed by atoms with Crippen LogP contribution in [-0.2, 0) is 0 Å². The monoisotopic (exact) mass is 223 g/mol. The first-order chi connectivity index (χ1) is 7.63. The summed E-state index contributed by atoms with van der Waals surface area (Å²) in [6.07, 6.45) is 1.35. The Morgan fingerprint density at radius 1 is 1.38 bits per heavy atom. The van der Waals surface area contributed by atoms with Gasteiger partial charge in [-0.15, -0.1) is 0 Å². The molecule has 0 saturated carbocycles. The number of nitrogens with one attached hydrogen (secondary N) is 1. The number of rotatable bonds is 6. The van der Waals surface area contributed by atoms with E-state index in [1.807, 2.05) is 6.92 Å². The molecule has 0 aliphatic heterocycles. The number of anilines is 1. The lowest BCUT2D eigenvalue weighted by Gasteiger charge is -2.11. The van der Waals surface area contributed by atoms with Gasteiger partial charge in [0.1, 0.15) is 0 Å². The number of carboxylic acid groups (broad SMARTS) is 1. The summed E-state index contributed by atoms with van der Waals surface area (Å²) in [6.45, 7) is 2.51. The fourth-order valence-electron chi connectivity index (χ4n) is 1.40. The molecule has 1 unspecified atom stereocenters. The van der Waals surface area contributed by atoms with Crippen LogP contribution in [0.25, 0.3) is 0 Å². The number of aliphatic hydroxyl groups excluding tert-OH is 1. The van der Waals surface area contributed by atoms with Crippen LogP contribution in [0.1, 0.15) is 30.1 Å². The molecule has 88 valence electrons. The molecule has 1 aromatic carbocycles. The Kier molecular flexibility index (Phi) is 4.79. The van der Waals surface area contributed by atoms with Crippen LogP contribution in [0.4, 0.5) is 5.69 Å². The van der Waals surface area contributed by atoms with Crippen molar-refractivity contribution in [2.24, 2.45) is 0 Å². The number of aromatic carboxylic acids is 1. The van der Waals surface area contributed by atoms with Gasteiger partial charge in [0, 0.05) is 12.2 Å². The topological polar surface area (TPSA) is 69.6 Å². The summed E-state index contributed by atoms with van der Waals surface area (Å²) in [7, 11) is 0. The molecule has 1 rings (SSSR count). The van der Waals surface area contributed by atoms with Gasteiger partial charge in [0.05, 0.1) is 11.7 Å². The average Bonchev–Trinajstić information content (AvgIpc) is 2.27. The predicted octanol–water partition coefficient (Wildman–Crippen LogP) is 1.96. The number of hydrogen-bond acceptors (Lipinski definition) is 3. The van der Waals surface area contributed by atoms with E-state index in [1.165, 1.54) is 12.1 Å². The summed E-state index contributed by atoms with van der Waals surface area (Å²) >= 11 is 0. The zero-order valence-electron chi connectivity index (χ0n) is 9.31. The Morgan fingerprint density at radius 2 is 2.00 bits per heavy atom. The second-order valence-corrected chi connectivity index (χ2v) is 3.71. The van der Waals surface area contributed by atoms with E-state index in [4.69, 9.17) is 5.11 Å². The quantitative estimate of drug-likeness (QED) is 0.689. The average molecular weight is 223 g/mol. The van der Waals surface area contributed by atoms with E-state index in [2.05, 4.69) is 5.32 Å². The lowest BCUT2D eigenvalue weighted by Crippen LogP contribution is -2.18. The number of carbonyl (C=O) groups is 1. The SMILES string of the molecule is CCCC(O)CNc1ccc(C(=O)O)cc1. The molecule has 1 aromatic rings. The van der Waals surface area contributed by atoms with Crippen molar-refractivity contribution in [3.05, 3.63) is 29.8 Å². The summed E-state index contributed by atoms with van der Waals surface area (Å²) in [6, 6.07) is 6.47. The zero-order valence-corrected chi connectivity index (χ0v) is 9.31. The maximum absolute atomic E-state index is 10.6. The van der Waals surface area contributed by atoms with Gasteiger partial charge >= 0.3 is 5.97 Å². The Balaban J connectivity index is 2.46. The summed E-state index contributed by atoms with van der Waals surface area (Å²) in [4.78, 5) is 10.6. The molecule has 0 saturated heterocycles. The van der Waals surface area contributed by atoms with Crippen LogP contribution in [0.5, 0.6) is 0 Å². The van der Waals surface area contributed by atoms with Gasteiger partial charge in [-0.3, -0.25) is 0 Å². The molecule has 0 radical (unpaired) electrons. The Morgan fingerprint density at radius 3 is 2.50 bits per heavy atom. The molecule has 0 bridgehead atoms. The highest BCUT2D eigenvalue weighted by Gasteiger charge is 2.03. The van der Waals surface area contributed by atoms with Gasteiger partial charge in [0.25, 0.3) is 0 Å². The molecule has 3 N–H and O–H groups in total. The molecule has 0 aliphatic rings. The Labute approximate surface area is 94.9 Å². The highest BCUT2D eigenvalue weighted by atomic mass is 16.4. The maximum atomic E-state index is 10.6. The van der Waals surface area contributed by atoms with Gasteiger partial charge in [0.15, 0.2) is 0 Å². The fraction of sp³-hybridized carbons (Fsp3) is 0.417. The summed E-state index contributed by atoms with van der Waals surface area (Å²) < 4.78 is 0. The van der Waals surface area contributed by atoms with Crippen molar-refractivity contribution in [2.75, 3.05) is 11.9 Å². The minimum absolute atomic E-state index is 0.264. The Hall–Kier alpha value is -1.55. The van der Waals surface area contributed by atoms with E-state index < -0.39 is 5.97 Å². The smallest absolute Gasteiger partial charge is 0.335 e. The molecule has 4 heteroatoms. The van der Waals surface area contributed by atoms with Crippen LogP contribution in [0, 0.1) is 0 Å². The van der Waals surface area contributed by atoms with E-state index >= 15 is 0 Å². The van der Waals surface area contributed by atoms with Crippen LogP contribution in [0.3, 0.4) is 0 Å². The predicted molar refractivity (Wildman–Crippen MR) is 62.8 cm³/mol. The molecule has 1 atom stereocenters. The first-order valence-electron chi connectivity index (χ1n) is 5.38. The van der Waals surface area contributed by atoms with Gasteiger partial charge in [0.2, 0.25) is 0 Å². The van der Waals surface area contributed by atoms with Crippen molar-refractivity contribution < 1.29 is 15.0 Å². The van der Waals surface area contributed by atoms with Gasteiger partial charge in [-0.1, -0.05) is 13.3 Å². The van der Waals surface area contributed by atoms with Gasteiger partial charge in [-0.2, -0.15) is 0 Å². The standard InChI is InChI=1S/C12H17NO3/c1-2-3-11(14)8-13-10-6-4-9(5-7-10)12(15)16/h4-7,11,13-14H,2-3,8H2,1H3,(H,15,16).